The molecule has 0 aliphatic carbocycles. The molecular formula is C19H29NO3. The highest BCUT2D eigenvalue weighted by Crippen LogP contribution is 2.27. The molecule has 0 spiro atoms. The molecule has 4 nitrogen and oxygen atoms in total. The minimum atomic E-state index is -0.440. The fourth-order valence-electron chi connectivity index (χ4n) is 2.69. The standard InChI is InChI=1S/C19H29NO3/c1-18(2,3)23-17(21)20-13-11-19(4,12-14-20)22-15-10-16-8-6-5-7-9-16/h5-9H,10-15H2,1-4H3. The Bertz CT molecular complexity index is 499. The van der Waals surface area contributed by atoms with Crippen molar-refractivity contribution in [2.24, 2.45) is 0 Å². The second-order valence-electron chi connectivity index (χ2n) is 7.50. The van der Waals surface area contributed by atoms with Gasteiger partial charge in [-0.3, -0.25) is 0 Å². The number of amides is 1. The quantitative estimate of drug-likeness (QED) is 0.841. The molecule has 0 N–H and O–H groups in total. The average molecular weight is 319 g/mol. The number of carbonyl (C=O) groups excluding carboxylic acids is 1. The average Bonchev–Trinajstić information content (AvgIpc) is 2.47. The summed E-state index contributed by atoms with van der Waals surface area (Å²) in [6, 6.07) is 10.4. The van der Waals surface area contributed by atoms with Crippen molar-refractivity contribution < 1.29 is 14.3 Å². The molecule has 0 radical (unpaired) electrons. The van der Waals surface area contributed by atoms with E-state index in [1.54, 1.807) is 4.90 Å². The van der Waals surface area contributed by atoms with E-state index in [0.717, 1.165) is 19.3 Å². The topological polar surface area (TPSA) is 38.8 Å². The molecule has 4 heteroatoms. The first-order valence-corrected chi connectivity index (χ1v) is 8.43. The second kappa shape index (κ2) is 7.35. The van der Waals surface area contributed by atoms with E-state index in [-0.39, 0.29) is 11.7 Å². The van der Waals surface area contributed by atoms with Crippen LogP contribution in [0.4, 0.5) is 4.79 Å². The first-order chi connectivity index (χ1) is 10.8. The molecule has 0 atom stereocenters. The van der Waals surface area contributed by atoms with Gasteiger partial charge < -0.3 is 14.4 Å². The smallest absolute Gasteiger partial charge is 0.410 e. The van der Waals surface area contributed by atoms with Gasteiger partial charge in [0.15, 0.2) is 0 Å². The van der Waals surface area contributed by atoms with Crippen molar-refractivity contribution in [2.75, 3.05) is 19.7 Å². The minimum Gasteiger partial charge on any atom is -0.444 e. The Kier molecular flexibility index (Phi) is 5.69. The number of rotatable bonds is 4. The molecule has 1 aliphatic rings. The third-order valence-corrected chi connectivity index (χ3v) is 4.16. The molecule has 0 aromatic heterocycles. The summed E-state index contributed by atoms with van der Waals surface area (Å²) in [5, 5.41) is 0. The molecule has 1 aliphatic heterocycles. The summed E-state index contributed by atoms with van der Waals surface area (Å²) >= 11 is 0. The number of hydrogen-bond acceptors (Lipinski definition) is 3. The molecule has 128 valence electrons. The molecule has 1 aromatic carbocycles. The monoisotopic (exact) mass is 319 g/mol. The SMILES string of the molecule is CC(C)(C)OC(=O)N1CCC(C)(OCCc2ccccc2)CC1. The summed E-state index contributed by atoms with van der Waals surface area (Å²) in [5.41, 5.74) is 0.708. The van der Waals surface area contributed by atoms with Crippen LogP contribution in [-0.2, 0) is 15.9 Å². The molecule has 0 bridgehead atoms. The zero-order valence-electron chi connectivity index (χ0n) is 14.8. The van der Waals surface area contributed by atoms with Crippen molar-refractivity contribution in [1.29, 1.82) is 0 Å². The number of benzene rings is 1. The van der Waals surface area contributed by atoms with E-state index in [1.165, 1.54) is 5.56 Å². The van der Waals surface area contributed by atoms with Crippen LogP contribution < -0.4 is 0 Å². The Balaban J connectivity index is 1.75. The third-order valence-electron chi connectivity index (χ3n) is 4.16. The number of hydrogen-bond donors (Lipinski definition) is 0. The van der Waals surface area contributed by atoms with Gasteiger partial charge in [0.1, 0.15) is 5.60 Å². The number of piperidine rings is 1. The van der Waals surface area contributed by atoms with E-state index in [0.29, 0.717) is 19.7 Å². The lowest BCUT2D eigenvalue weighted by Crippen LogP contribution is -2.48. The van der Waals surface area contributed by atoms with Gasteiger partial charge in [0.2, 0.25) is 0 Å². The van der Waals surface area contributed by atoms with Crippen molar-refractivity contribution in [3.8, 4) is 0 Å². The molecule has 1 amide bonds. The van der Waals surface area contributed by atoms with Gasteiger partial charge >= 0.3 is 6.09 Å². The maximum absolute atomic E-state index is 12.1. The highest BCUT2D eigenvalue weighted by atomic mass is 16.6. The van der Waals surface area contributed by atoms with Gasteiger partial charge in [-0.2, -0.15) is 0 Å². The third kappa shape index (κ3) is 5.87. The molecule has 1 saturated heterocycles. The number of ether oxygens (including phenoxy) is 2. The van der Waals surface area contributed by atoms with Gasteiger partial charge in [-0.05, 0) is 52.5 Å². The molecule has 23 heavy (non-hydrogen) atoms. The van der Waals surface area contributed by atoms with E-state index in [9.17, 15) is 4.79 Å². The largest absolute Gasteiger partial charge is 0.444 e. The van der Waals surface area contributed by atoms with Crippen LogP contribution in [-0.4, -0.2) is 41.9 Å². The number of nitrogens with zero attached hydrogens (tertiary/aromatic N) is 1. The molecular weight excluding hydrogens is 290 g/mol. The second-order valence-corrected chi connectivity index (χ2v) is 7.50. The molecule has 1 fully saturated rings. The fourth-order valence-corrected chi connectivity index (χ4v) is 2.69. The van der Waals surface area contributed by atoms with Gasteiger partial charge in [-0.1, -0.05) is 30.3 Å². The van der Waals surface area contributed by atoms with Crippen LogP contribution in [0.1, 0.15) is 46.1 Å². The van der Waals surface area contributed by atoms with E-state index in [1.807, 2.05) is 26.8 Å². The van der Waals surface area contributed by atoms with E-state index in [4.69, 9.17) is 9.47 Å². The van der Waals surface area contributed by atoms with Gasteiger partial charge in [-0.15, -0.1) is 0 Å². The molecule has 0 unspecified atom stereocenters. The maximum Gasteiger partial charge on any atom is 0.410 e. The molecule has 2 rings (SSSR count). The van der Waals surface area contributed by atoms with E-state index >= 15 is 0 Å². The van der Waals surface area contributed by atoms with Crippen LogP contribution in [0.25, 0.3) is 0 Å². The summed E-state index contributed by atoms with van der Waals surface area (Å²) < 4.78 is 11.6. The van der Waals surface area contributed by atoms with E-state index in [2.05, 4.69) is 31.2 Å². The van der Waals surface area contributed by atoms with Crippen molar-refractivity contribution in [2.45, 2.75) is 58.2 Å². The Morgan fingerprint density at radius 2 is 1.78 bits per heavy atom. The number of likely N-dealkylation sites (tertiary alicyclic amines) is 1. The van der Waals surface area contributed by atoms with Gasteiger partial charge in [0.25, 0.3) is 0 Å². The highest BCUT2D eigenvalue weighted by molar-refractivity contribution is 5.68. The summed E-state index contributed by atoms with van der Waals surface area (Å²) in [6.07, 6.45) is 2.40. The van der Waals surface area contributed by atoms with Crippen LogP contribution >= 0.6 is 0 Å². The maximum atomic E-state index is 12.1. The van der Waals surface area contributed by atoms with Crippen molar-refractivity contribution in [3.05, 3.63) is 35.9 Å². The normalized spacial score (nSPS) is 17.8. The van der Waals surface area contributed by atoms with E-state index < -0.39 is 5.60 Å². The number of carbonyl (C=O) groups is 1. The van der Waals surface area contributed by atoms with Crippen LogP contribution in [0.3, 0.4) is 0 Å². The molecule has 1 aromatic rings. The zero-order valence-corrected chi connectivity index (χ0v) is 14.8. The van der Waals surface area contributed by atoms with Crippen LogP contribution in [0.15, 0.2) is 30.3 Å². The van der Waals surface area contributed by atoms with Crippen LogP contribution in [0, 0.1) is 0 Å². The van der Waals surface area contributed by atoms with Gasteiger partial charge in [-0.25, -0.2) is 4.79 Å². The van der Waals surface area contributed by atoms with Gasteiger partial charge in [0.05, 0.1) is 12.2 Å². The van der Waals surface area contributed by atoms with Crippen molar-refractivity contribution >= 4 is 6.09 Å². The van der Waals surface area contributed by atoms with Crippen LogP contribution in [0.5, 0.6) is 0 Å². The Labute approximate surface area is 139 Å². The summed E-state index contributed by atoms with van der Waals surface area (Å²) in [4.78, 5) is 13.9. The molecule has 1 heterocycles. The lowest BCUT2D eigenvalue weighted by molar-refractivity contribution is -0.0713. The Morgan fingerprint density at radius 3 is 2.35 bits per heavy atom. The summed E-state index contributed by atoms with van der Waals surface area (Å²) in [7, 11) is 0. The first kappa shape index (κ1) is 17.8. The van der Waals surface area contributed by atoms with Crippen LogP contribution in [0.2, 0.25) is 0 Å². The highest BCUT2D eigenvalue weighted by Gasteiger charge is 2.34. The summed E-state index contributed by atoms with van der Waals surface area (Å²) in [5.74, 6) is 0. The first-order valence-electron chi connectivity index (χ1n) is 8.43. The van der Waals surface area contributed by atoms with Gasteiger partial charge in [0, 0.05) is 13.1 Å². The zero-order chi connectivity index (χ0) is 16.9. The predicted molar refractivity (Wildman–Crippen MR) is 91.5 cm³/mol. The lowest BCUT2D eigenvalue weighted by Gasteiger charge is -2.39. The fraction of sp³-hybridized carbons (Fsp3) is 0.632. The minimum absolute atomic E-state index is 0.146. The van der Waals surface area contributed by atoms with Crippen molar-refractivity contribution in [1.82, 2.24) is 4.90 Å². The Hall–Kier alpha value is -1.55. The molecule has 0 saturated carbocycles. The summed E-state index contributed by atoms with van der Waals surface area (Å²) in [6.45, 7) is 9.92. The predicted octanol–water partition coefficient (Wildman–Crippen LogP) is 4.04. The lowest BCUT2D eigenvalue weighted by atomic mass is 9.93. The Morgan fingerprint density at radius 1 is 1.17 bits per heavy atom. The van der Waals surface area contributed by atoms with Crippen molar-refractivity contribution in [3.63, 3.8) is 0 Å².